The number of aromatic nitrogens is 1. The Morgan fingerprint density at radius 3 is 2.42 bits per heavy atom. The van der Waals surface area contributed by atoms with Crippen molar-refractivity contribution >= 4 is 17.5 Å². The van der Waals surface area contributed by atoms with Gasteiger partial charge in [0.2, 0.25) is 0 Å². The molecule has 1 aromatic carbocycles. The van der Waals surface area contributed by atoms with Crippen molar-refractivity contribution in [2.75, 3.05) is 5.32 Å². The van der Waals surface area contributed by atoms with Crippen LogP contribution < -0.4 is 10.6 Å². The van der Waals surface area contributed by atoms with Crippen LogP contribution in [0.3, 0.4) is 0 Å². The van der Waals surface area contributed by atoms with E-state index < -0.39 is 35.0 Å². The van der Waals surface area contributed by atoms with E-state index in [1.807, 2.05) is 0 Å². The number of carbonyl (C=O) groups excluding carboxylic acids is 2. The molecule has 0 aliphatic rings. The maximum atomic E-state index is 13.6. The first-order valence-corrected chi connectivity index (χ1v) is 7.01. The average Bonchev–Trinajstić information content (AvgIpc) is 2.55. The summed E-state index contributed by atoms with van der Waals surface area (Å²) >= 11 is 0. The van der Waals surface area contributed by atoms with E-state index in [0.717, 1.165) is 6.07 Å². The molecule has 8 heteroatoms. The van der Waals surface area contributed by atoms with Gasteiger partial charge in [0.05, 0.1) is 5.69 Å². The number of halogens is 3. The predicted octanol–water partition coefficient (Wildman–Crippen LogP) is 2.89. The largest absolute Gasteiger partial charge is 0.349 e. The first kappa shape index (κ1) is 17.5. The molecule has 0 aliphatic carbocycles. The average molecular weight is 337 g/mol. The quantitative estimate of drug-likeness (QED) is 0.843. The van der Waals surface area contributed by atoms with Gasteiger partial charge >= 0.3 is 0 Å². The van der Waals surface area contributed by atoms with E-state index in [2.05, 4.69) is 15.6 Å². The third-order valence-corrected chi connectivity index (χ3v) is 2.96. The summed E-state index contributed by atoms with van der Waals surface area (Å²) in [5.74, 6) is -5.81. The molecule has 0 atom stereocenters. The van der Waals surface area contributed by atoms with Gasteiger partial charge in [0.15, 0.2) is 17.5 Å². The maximum absolute atomic E-state index is 13.6. The van der Waals surface area contributed by atoms with Crippen LogP contribution in [0.2, 0.25) is 0 Å². The van der Waals surface area contributed by atoms with Crippen LogP contribution in [-0.2, 0) is 0 Å². The molecule has 2 N–H and O–H groups in total. The lowest BCUT2D eigenvalue weighted by Gasteiger charge is -2.10. The zero-order valence-corrected chi connectivity index (χ0v) is 12.9. The molecule has 0 unspecified atom stereocenters. The second kappa shape index (κ2) is 7.12. The van der Waals surface area contributed by atoms with Crippen molar-refractivity contribution in [1.29, 1.82) is 0 Å². The van der Waals surface area contributed by atoms with Crippen LogP contribution >= 0.6 is 0 Å². The normalized spacial score (nSPS) is 10.6. The zero-order valence-electron chi connectivity index (χ0n) is 12.9. The number of nitrogens with one attached hydrogen (secondary N) is 2. The number of pyridine rings is 1. The van der Waals surface area contributed by atoms with Gasteiger partial charge in [0, 0.05) is 17.8 Å². The Balaban J connectivity index is 2.22. The molecule has 2 amide bonds. The minimum atomic E-state index is -1.68. The maximum Gasteiger partial charge on any atom is 0.270 e. The van der Waals surface area contributed by atoms with Gasteiger partial charge in [-0.3, -0.25) is 14.6 Å². The van der Waals surface area contributed by atoms with Gasteiger partial charge in [0.1, 0.15) is 5.69 Å². The molecule has 0 saturated heterocycles. The highest BCUT2D eigenvalue weighted by Gasteiger charge is 2.17. The highest BCUT2D eigenvalue weighted by Crippen LogP contribution is 2.20. The van der Waals surface area contributed by atoms with Gasteiger partial charge in [-0.05, 0) is 38.1 Å². The predicted molar refractivity (Wildman–Crippen MR) is 81.1 cm³/mol. The molecule has 2 aromatic rings. The minimum absolute atomic E-state index is 0.00195. The molecular weight excluding hydrogens is 323 g/mol. The minimum Gasteiger partial charge on any atom is -0.349 e. The third kappa shape index (κ3) is 3.89. The van der Waals surface area contributed by atoms with Crippen LogP contribution in [0, 0.1) is 17.5 Å². The molecule has 0 radical (unpaired) electrons. The second-order valence-corrected chi connectivity index (χ2v) is 5.23. The molecule has 24 heavy (non-hydrogen) atoms. The van der Waals surface area contributed by atoms with E-state index in [0.29, 0.717) is 6.07 Å². The monoisotopic (exact) mass is 337 g/mol. The van der Waals surface area contributed by atoms with Gasteiger partial charge in [-0.1, -0.05) is 0 Å². The van der Waals surface area contributed by atoms with Gasteiger partial charge < -0.3 is 10.6 Å². The van der Waals surface area contributed by atoms with Crippen molar-refractivity contribution < 1.29 is 22.8 Å². The summed E-state index contributed by atoms with van der Waals surface area (Å²) in [5.41, 5.74) is -0.492. The molecule has 1 aromatic heterocycles. The first-order valence-electron chi connectivity index (χ1n) is 7.01. The Labute approximate surface area is 135 Å². The Morgan fingerprint density at radius 2 is 1.75 bits per heavy atom. The molecule has 0 bridgehead atoms. The fourth-order valence-electron chi connectivity index (χ4n) is 1.85. The number of carbonyl (C=O) groups is 2. The smallest absolute Gasteiger partial charge is 0.270 e. The van der Waals surface area contributed by atoms with Gasteiger partial charge in [-0.2, -0.15) is 0 Å². The lowest BCUT2D eigenvalue weighted by Crippen LogP contribution is -2.31. The van der Waals surface area contributed by atoms with Gasteiger partial charge in [-0.15, -0.1) is 0 Å². The number of anilines is 1. The highest BCUT2D eigenvalue weighted by atomic mass is 19.2. The molecule has 1 heterocycles. The lowest BCUT2D eigenvalue weighted by molar-refractivity contribution is 0.0938. The molecule has 126 valence electrons. The molecular formula is C16H14F3N3O2. The van der Waals surface area contributed by atoms with E-state index >= 15 is 0 Å². The van der Waals surface area contributed by atoms with Crippen LogP contribution in [0.15, 0.2) is 30.5 Å². The summed E-state index contributed by atoms with van der Waals surface area (Å²) in [5, 5.41) is 4.73. The molecule has 0 saturated carbocycles. The Kier molecular flexibility index (Phi) is 5.18. The molecule has 5 nitrogen and oxygen atoms in total. The standard InChI is InChI=1S/C16H14F3N3O2/c1-8(2)21-16(24)12-7-9(5-6-20-12)15(23)22-11-4-3-10(17)13(18)14(11)19/h3-8H,1-2H3,(H,21,24)(H,22,23). The van der Waals surface area contributed by atoms with Gasteiger partial charge in [-0.25, -0.2) is 13.2 Å². The highest BCUT2D eigenvalue weighted by molar-refractivity contribution is 6.05. The van der Waals surface area contributed by atoms with Crippen molar-refractivity contribution in [3.8, 4) is 0 Å². The number of rotatable bonds is 4. The fraction of sp³-hybridized carbons (Fsp3) is 0.188. The fourth-order valence-corrected chi connectivity index (χ4v) is 1.85. The van der Waals surface area contributed by atoms with Crippen molar-refractivity contribution in [3.05, 3.63) is 59.2 Å². The SMILES string of the molecule is CC(C)NC(=O)c1cc(C(=O)Nc2ccc(F)c(F)c2F)ccn1. The van der Waals surface area contributed by atoms with Crippen LogP contribution in [0.1, 0.15) is 34.7 Å². The molecule has 2 rings (SSSR count). The number of hydrogen-bond donors (Lipinski definition) is 2. The third-order valence-electron chi connectivity index (χ3n) is 2.96. The number of benzene rings is 1. The van der Waals surface area contributed by atoms with Crippen molar-refractivity contribution in [2.24, 2.45) is 0 Å². The summed E-state index contributed by atoms with van der Waals surface area (Å²) < 4.78 is 39.6. The Bertz CT molecular complexity index is 794. The Morgan fingerprint density at radius 1 is 1.04 bits per heavy atom. The number of amides is 2. The first-order chi connectivity index (χ1) is 11.3. The van der Waals surface area contributed by atoms with E-state index in [4.69, 9.17) is 0 Å². The summed E-state index contributed by atoms with van der Waals surface area (Å²) in [6.07, 6.45) is 1.24. The van der Waals surface area contributed by atoms with E-state index in [1.165, 1.54) is 18.3 Å². The topological polar surface area (TPSA) is 71.1 Å². The van der Waals surface area contributed by atoms with E-state index in [9.17, 15) is 22.8 Å². The van der Waals surface area contributed by atoms with Crippen LogP contribution in [0.4, 0.5) is 18.9 Å². The number of hydrogen-bond acceptors (Lipinski definition) is 3. The molecule has 0 spiro atoms. The van der Waals surface area contributed by atoms with Crippen LogP contribution in [0.5, 0.6) is 0 Å². The van der Waals surface area contributed by atoms with E-state index in [1.54, 1.807) is 13.8 Å². The van der Waals surface area contributed by atoms with Crippen LogP contribution in [-0.4, -0.2) is 22.8 Å². The van der Waals surface area contributed by atoms with Crippen molar-refractivity contribution in [1.82, 2.24) is 10.3 Å². The summed E-state index contributed by atoms with van der Waals surface area (Å²) in [6, 6.07) is 4.00. The second-order valence-electron chi connectivity index (χ2n) is 5.23. The van der Waals surface area contributed by atoms with E-state index in [-0.39, 0.29) is 17.3 Å². The van der Waals surface area contributed by atoms with Crippen molar-refractivity contribution in [3.63, 3.8) is 0 Å². The van der Waals surface area contributed by atoms with Crippen molar-refractivity contribution in [2.45, 2.75) is 19.9 Å². The van der Waals surface area contributed by atoms with Crippen LogP contribution in [0.25, 0.3) is 0 Å². The summed E-state index contributed by atoms with van der Waals surface area (Å²) in [6.45, 7) is 3.53. The molecule has 0 aliphatic heterocycles. The number of nitrogens with zero attached hydrogens (tertiary/aromatic N) is 1. The summed E-state index contributed by atoms with van der Waals surface area (Å²) in [4.78, 5) is 27.8. The lowest BCUT2D eigenvalue weighted by atomic mass is 10.2. The Hall–Kier alpha value is -2.90. The van der Waals surface area contributed by atoms with Gasteiger partial charge in [0.25, 0.3) is 11.8 Å². The summed E-state index contributed by atoms with van der Waals surface area (Å²) in [7, 11) is 0. The zero-order chi connectivity index (χ0) is 17.9. The molecule has 0 fully saturated rings.